The fourth-order valence-corrected chi connectivity index (χ4v) is 5.20. The maximum absolute atomic E-state index is 13.5. The molecule has 3 heterocycles. The van der Waals surface area contributed by atoms with Gasteiger partial charge in [-0.15, -0.1) is 0 Å². The minimum absolute atomic E-state index is 0.234. The van der Waals surface area contributed by atoms with Gasteiger partial charge in [0.2, 0.25) is 0 Å². The molecule has 1 aliphatic carbocycles. The molecule has 1 unspecified atom stereocenters. The van der Waals surface area contributed by atoms with E-state index in [4.69, 9.17) is 9.47 Å². The number of amides is 1. The van der Waals surface area contributed by atoms with Gasteiger partial charge in [0.05, 0.1) is 19.3 Å². The lowest BCUT2D eigenvalue weighted by atomic mass is 9.91. The minimum Gasteiger partial charge on any atom is -0.371 e. The third kappa shape index (κ3) is 3.95. The summed E-state index contributed by atoms with van der Waals surface area (Å²) in [6.45, 7) is 3.30. The SMILES string of the molecule is O=C1N(CC2CO2)C2(CCCCCCCCCCC2)OC12CCNCC2. The van der Waals surface area contributed by atoms with Crippen LogP contribution >= 0.6 is 0 Å². The van der Waals surface area contributed by atoms with Crippen LogP contribution in [-0.2, 0) is 14.3 Å². The summed E-state index contributed by atoms with van der Waals surface area (Å²) >= 11 is 0. The van der Waals surface area contributed by atoms with Crippen LogP contribution in [0.15, 0.2) is 0 Å². The normalized spacial score (nSPS) is 32.4. The maximum atomic E-state index is 13.5. The third-order valence-electron chi connectivity index (χ3n) is 6.85. The molecule has 0 aromatic heterocycles. The molecule has 4 rings (SSSR count). The molecule has 5 nitrogen and oxygen atoms in total. The number of carbonyl (C=O) groups excluding carboxylic acids is 1. The van der Waals surface area contributed by atoms with E-state index in [1.165, 1.54) is 57.8 Å². The van der Waals surface area contributed by atoms with E-state index < -0.39 is 5.60 Å². The number of epoxide rings is 1. The molecule has 4 fully saturated rings. The lowest BCUT2D eigenvalue weighted by Crippen LogP contribution is -2.50. The average molecular weight is 365 g/mol. The van der Waals surface area contributed by atoms with Crippen molar-refractivity contribution < 1.29 is 14.3 Å². The summed E-state index contributed by atoms with van der Waals surface area (Å²) in [5.74, 6) is 0.251. The Hall–Kier alpha value is -0.650. The van der Waals surface area contributed by atoms with Crippen LogP contribution in [0.5, 0.6) is 0 Å². The van der Waals surface area contributed by atoms with Gasteiger partial charge in [-0.3, -0.25) is 4.79 Å². The zero-order chi connectivity index (χ0) is 17.9. The van der Waals surface area contributed by atoms with Crippen molar-refractivity contribution in [3.05, 3.63) is 0 Å². The lowest BCUT2D eigenvalue weighted by Gasteiger charge is -2.38. The molecule has 0 radical (unpaired) electrons. The van der Waals surface area contributed by atoms with E-state index in [1.807, 2.05) is 0 Å². The van der Waals surface area contributed by atoms with Crippen LogP contribution in [-0.4, -0.2) is 54.5 Å². The molecule has 26 heavy (non-hydrogen) atoms. The molecule has 5 heteroatoms. The number of ether oxygens (including phenoxy) is 2. The summed E-state index contributed by atoms with van der Waals surface area (Å²) in [6, 6.07) is 0. The van der Waals surface area contributed by atoms with E-state index in [2.05, 4.69) is 10.2 Å². The summed E-state index contributed by atoms with van der Waals surface area (Å²) in [5, 5.41) is 3.40. The predicted molar refractivity (Wildman–Crippen MR) is 101 cm³/mol. The van der Waals surface area contributed by atoms with Gasteiger partial charge in [0, 0.05) is 0 Å². The van der Waals surface area contributed by atoms with Crippen LogP contribution in [0.3, 0.4) is 0 Å². The van der Waals surface area contributed by atoms with Gasteiger partial charge in [-0.25, -0.2) is 0 Å². The van der Waals surface area contributed by atoms with Gasteiger partial charge in [0.25, 0.3) is 5.91 Å². The summed E-state index contributed by atoms with van der Waals surface area (Å²) in [4.78, 5) is 15.6. The first-order chi connectivity index (χ1) is 12.7. The van der Waals surface area contributed by atoms with E-state index >= 15 is 0 Å². The van der Waals surface area contributed by atoms with Gasteiger partial charge < -0.3 is 19.7 Å². The van der Waals surface area contributed by atoms with Crippen LogP contribution in [0, 0.1) is 0 Å². The highest BCUT2D eigenvalue weighted by Gasteiger charge is 2.60. The summed E-state index contributed by atoms with van der Waals surface area (Å²) in [6.07, 6.45) is 15.5. The van der Waals surface area contributed by atoms with E-state index in [0.29, 0.717) is 0 Å². The molecule has 0 aromatic rings. The summed E-state index contributed by atoms with van der Waals surface area (Å²) in [7, 11) is 0. The van der Waals surface area contributed by atoms with Crippen LogP contribution < -0.4 is 5.32 Å². The van der Waals surface area contributed by atoms with Crippen molar-refractivity contribution in [2.45, 2.75) is 101 Å². The number of nitrogens with zero attached hydrogens (tertiary/aromatic N) is 1. The number of carbonyl (C=O) groups is 1. The fraction of sp³-hybridized carbons (Fsp3) is 0.952. The molecule has 1 N–H and O–H groups in total. The molecular formula is C21H36N2O3. The number of piperidine rings is 1. The molecular weight excluding hydrogens is 328 g/mol. The number of hydrogen-bond acceptors (Lipinski definition) is 4. The summed E-state index contributed by atoms with van der Waals surface area (Å²) < 4.78 is 12.4. The average Bonchev–Trinajstić information content (AvgIpc) is 3.43. The Kier molecular flexibility index (Phi) is 5.87. The number of rotatable bonds is 2. The van der Waals surface area contributed by atoms with Crippen molar-refractivity contribution in [2.24, 2.45) is 0 Å². The largest absolute Gasteiger partial charge is 0.371 e. The van der Waals surface area contributed by atoms with Gasteiger partial charge in [0.1, 0.15) is 5.72 Å². The van der Waals surface area contributed by atoms with E-state index in [-0.39, 0.29) is 17.7 Å². The van der Waals surface area contributed by atoms with Crippen LogP contribution in [0.2, 0.25) is 0 Å². The van der Waals surface area contributed by atoms with Crippen molar-refractivity contribution >= 4 is 5.91 Å². The Bertz CT molecular complexity index is 474. The van der Waals surface area contributed by atoms with Gasteiger partial charge >= 0.3 is 0 Å². The smallest absolute Gasteiger partial charge is 0.257 e. The van der Waals surface area contributed by atoms with Crippen molar-refractivity contribution in [3.63, 3.8) is 0 Å². The van der Waals surface area contributed by atoms with Crippen molar-refractivity contribution in [1.29, 1.82) is 0 Å². The molecule has 1 atom stereocenters. The quantitative estimate of drug-likeness (QED) is 0.764. The van der Waals surface area contributed by atoms with E-state index in [1.54, 1.807) is 0 Å². The second kappa shape index (κ2) is 8.15. The van der Waals surface area contributed by atoms with Crippen LogP contribution in [0.25, 0.3) is 0 Å². The number of hydrogen-bond donors (Lipinski definition) is 1. The first kappa shape index (κ1) is 18.7. The zero-order valence-corrected chi connectivity index (χ0v) is 16.3. The predicted octanol–water partition coefficient (Wildman–Crippen LogP) is 3.37. The summed E-state index contributed by atoms with van der Waals surface area (Å²) in [5.41, 5.74) is -0.948. The fourth-order valence-electron chi connectivity index (χ4n) is 5.20. The standard InChI is InChI=1S/C21H36N2O3/c24-19-20(12-14-22-15-13-20)26-21(23(19)16-18-17-25-18)10-8-6-4-2-1-3-5-7-9-11-21/h18,22H,1-17H2. The van der Waals surface area contributed by atoms with E-state index in [0.717, 1.165) is 51.9 Å². The molecule has 3 aliphatic heterocycles. The Morgan fingerprint density at radius 1 is 0.885 bits per heavy atom. The Morgan fingerprint density at radius 2 is 1.42 bits per heavy atom. The first-order valence-corrected chi connectivity index (χ1v) is 11.1. The lowest BCUT2D eigenvalue weighted by molar-refractivity contribution is -0.160. The second-order valence-corrected chi connectivity index (χ2v) is 8.85. The van der Waals surface area contributed by atoms with Gasteiger partial charge in [-0.1, -0.05) is 44.9 Å². The van der Waals surface area contributed by atoms with Gasteiger partial charge in [0.15, 0.2) is 5.60 Å². The molecule has 148 valence electrons. The highest BCUT2D eigenvalue weighted by molar-refractivity contribution is 5.88. The highest BCUT2D eigenvalue weighted by Crippen LogP contribution is 2.46. The molecule has 2 spiro atoms. The monoisotopic (exact) mass is 364 g/mol. The van der Waals surface area contributed by atoms with Gasteiger partial charge in [-0.05, 0) is 51.6 Å². The number of nitrogens with one attached hydrogen (secondary N) is 1. The zero-order valence-electron chi connectivity index (χ0n) is 16.3. The molecule has 0 aromatic carbocycles. The molecule has 1 amide bonds. The van der Waals surface area contributed by atoms with Crippen molar-refractivity contribution in [2.75, 3.05) is 26.2 Å². The van der Waals surface area contributed by atoms with Crippen molar-refractivity contribution in [3.8, 4) is 0 Å². The molecule has 0 bridgehead atoms. The third-order valence-corrected chi connectivity index (χ3v) is 6.85. The van der Waals surface area contributed by atoms with Crippen LogP contribution in [0.1, 0.15) is 83.5 Å². The topological polar surface area (TPSA) is 54.1 Å². The van der Waals surface area contributed by atoms with Gasteiger partial charge in [-0.2, -0.15) is 0 Å². The first-order valence-electron chi connectivity index (χ1n) is 11.1. The van der Waals surface area contributed by atoms with Crippen molar-refractivity contribution in [1.82, 2.24) is 10.2 Å². The highest BCUT2D eigenvalue weighted by atomic mass is 16.6. The minimum atomic E-state index is -0.572. The Labute approximate surface area is 158 Å². The molecule has 1 saturated carbocycles. The second-order valence-electron chi connectivity index (χ2n) is 8.85. The molecule has 4 aliphatic rings. The maximum Gasteiger partial charge on any atom is 0.257 e. The molecule has 3 saturated heterocycles. The Morgan fingerprint density at radius 3 is 1.96 bits per heavy atom. The van der Waals surface area contributed by atoms with Crippen LogP contribution in [0.4, 0.5) is 0 Å². The van der Waals surface area contributed by atoms with E-state index in [9.17, 15) is 4.79 Å². The Balaban J connectivity index is 1.55.